The number of rotatable bonds is 6. The molecule has 0 heterocycles. The van der Waals surface area contributed by atoms with Crippen LogP contribution in [0.4, 0.5) is 0 Å². The van der Waals surface area contributed by atoms with Crippen LogP contribution in [0.2, 0.25) is 0 Å². The van der Waals surface area contributed by atoms with E-state index in [0.29, 0.717) is 18.8 Å². The first-order valence-electron chi connectivity index (χ1n) is 8.51. The molecule has 0 radical (unpaired) electrons. The van der Waals surface area contributed by atoms with Gasteiger partial charge in [-0.05, 0) is 41.8 Å². The normalized spacial score (nSPS) is 9.54. The molecule has 0 aliphatic rings. The van der Waals surface area contributed by atoms with E-state index in [1.54, 1.807) is 7.11 Å². The standard InChI is InChI=1S/C17H17NO2.C6H6/c1-19-17-7-5-15(6-8-17)13-20-10-9-14-3-2-4-16(11-14)12-18;1-2-4-6-5-3-1/h2-8,11H,9-10,13H2,1H3;1-6H. The fourth-order valence-corrected chi connectivity index (χ4v) is 2.28. The van der Waals surface area contributed by atoms with Gasteiger partial charge in [-0.15, -0.1) is 0 Å². The summed E-state index contributed by atoms with van der Waals surface area (Å²) in [6.07, 6.45) is 0.811. The lowest BCUT2D eigenvalue weighted by atomic mass is 10.1. The number of nitriles is 1. The zero-order chi connectivity index (χ0) is 18.5. The Hall–Kier alpha value is -3.09. The monoisotopic (exact) mass is 345 g/mol. The van der Waals surface area contributed by atoms with Crippen molar-refractivity contribution < 1.29 is 9.47 Å². The minimum Gasteiger partial charge on any atom is -0.497 e. The summed E-state index contributed by atoms with van der Waals surface area (Å²) in [4.78, 5) is 0. The van der Waals surface area contributed by atoms with Crippen molar-refractivity contribution in [3.05, 3.63) is 102 Å². The number of hydrogen-bond donors (Lipinski definition) is 0. The molecular formula is C23H23NO2. The summed E-state index contributed by atoms with van der Waals surface area (Å²) in [6.45, 7) is 1.23. The van der Waals surface area contributed by atoms with Crippen LogP contribution in [0.15, 0.2) is 84.9 Å². The summed E-state index contributed by atoms with van der Waals surface area (Å²) in [6, 6.07) is 29.6. The van der Waals surface area contributed by atoms with E-state index in [0.717, 1.165) is 23.3 Å². The quantitative estimate of drug-likeness (QED) is 0.590. The van der Waals surface area contributed by atoms with Crippen LogP contribution in [-0.4, -0.2) is 13.7 Å². The van der Waals surface area contributed by atoms with Crippen LogP contribution in [0.25, 0.3) is 0 Å². The van der Waals surface area contributed by atoms with Crippen LogP contribution < -0.4 is 4.74 Å². The Labute approximate surface area is 155 Å². The molecule has 0 unspecified atom stereocenters. The minimum absolute atomic E-state index is 0.585. The van der Waals surface area contributed by atoms with Crippen LogP contribution in [0, 0.1) is 11.3 Å². The summed E-state index contributed by atoms with van der Waals surface area (Å²) in [5.74, 6) is 0.849. The number of methoxy groups -OCH3 is 1. The van der Waals surface area contributed by atoms with Crippen molar-refractivity contribution in [1.82, 2.24) is 0 Å². The van der Waals surface area contributed by atoms with Gasteiger partial charge in [0.05, 0.1) is 32.0 Å². The third kappa shape index (κ3) is 7.21. The molecule has 3 nitrogen and oxygen atoms in total. The molecule has 0 spiro atoms. The lowest BCUT2D eigenvalue weighted by molar-refractivity contribution is 0.124. The van der Waals surface area contributed by atoms with Crippen LogP contribution >= 0.6 is 0 Å². The average molecular weight is 345 g/mol. The van der Waals surface area contributed by atoms with Crippen molar-refractivity contribution in [3.8, 4) is 11.8 Å². The second kappa shape index (κ2) is 11.5. The molecule has 0 atom stereocenters. The second-order valence-corrected chi connectivity index (χ2v) is 5.62. The van der Waals surface area contributed by atoms with E-state index in [4.69, 9.17) is 14.7 Å². The molecule has 0 aliphatic carbocycles. The maximum atomic E-state index is 8.83. The molecule has 0 aliphatic heterocycles. The van der Waals surface area contributed by atoms with Crippen molar-refractivity contribution in [2.75, 3.05) is 13.7 Å². The van der Waals surface area contributed by atoms with Crippen molar-refractivity contribution in [1.29, 1.82) is 5.26 Å². The molecule has 26 heavy (non-hydrogen) atoms. The Bertz CT molecular complexity index is 766. The van der Waals surface area contributed by atoms with Gasteiger partial charge in [-0.25, -0.2) is 0 Å². The summed E-state index contributed by atoms with van der Waals surface area (Å²) in [7, 11) is 1.65. The summed E-state index contributed by atoms with van der Waals surface area (Å²) < 4.78 is 10.8. The van der Waals surface area contributed by atoms with Gasteiger partial charge >= 0.3 is 0 Å². The van der Waals surface area contributed by atoms with Crippen molar-refractivity contribution in [3.63, 3.8) is 0 Å². The second-order valence-electron chi connectivity index (χ2n) is 5.62. The first-order chi connectivity index (χ1) is 12.8. The van der Waals surface area contributed by atoms with Gasteiger partial charge < -0.3 is 9.47 Å². The fourth-order valence-electron chi connectivity index (χ4n) is 2.28. The number of ether oxygens (including phenoxy) is 2. The SMILES string of the molecule is COc1ccc(COCCc2cccc(C#N)c2)cc1.c1ccccc1. The summed E-state index contributed by atoms with van der Waals surface area (Å²) >= 11 is 0. The van der Waals surface area contributed by atoms with E-state index in [1.165, 1.54) is 0 Å². The zero-order valence-corrected chi connectivity index (χ0v) is 15.0. The number of hydrogen-bond acceptors (Lipinski definition) is 3. The summed E-state index contributed by atoms with van der Waals surface area (Å²) in [5.41, 5.74) is 2.94. The molecular weight excluding hydrogens is 322 g/mol. The van der Waals surface area contributed by atoms with E-state index in [2.05, 4.69) is 6.07 Å². The van der Waals surface area contributed by atoms with E-state index in [1.807, 2.05) is 84.9 Å². The molecule has 3 rings (SSSR count). The Balaban J connectivity index is 0.000000342. The topological polar surface area (TPSA) is 42.2 Å². The van der Waals surface area contributed by atoms with Crippen molar-refractivity contribution >= 4 is 0 Å². The third-order valence-electron chi connectivity index (χ3n) is 3.69. The highest BCUT2D eigenvalue weighted by Crippen LogP contribution is 2.12. The first kappa shape index (κ1) is 19.2. The van der Waals surface area contributed by atoms with Crippen LogP contribution in [0.1, 0.15) is 16.7 Å². The van der Waals surface area contributed by atoms with Gasteiger partial charge in [0.15, 0.2) is 0 Å². The highest BCUT2D eigenvalue weighted by Gasteiger charge is 1.98. The van der Waals surface area contributed by atoms with E-state index in [-0.39, 0.29) is 0 Å². The molecule has 132 valence electrons. The Morgan fingerprint density at radius 3 is 2.04 bits per heavy atom. The molecule has 0 N–H and O–H groups in total. The van der Waals surface area contributed by atoms with Gasteiger partial charge in [-0.2, -0.15) is 5.26 Å². The van der Waals surface area contributed by atoms with Crippen molar-refractivity contribution in [2.24, 2.45) is 0 Å². The summed E-state index contributed by atoms with van der Waals surface area (Å²) in [5, 5.41) is 8.83. The molecule has 0 bridgehead atoms. The molecule has 3 aromatic carbocycles. The molecule has 3 aromatic rings. The first-order valence-corrected chi connectivity index (χ1v) is 8.51. The number of benzene rings is 3. The maximum absolute atomic E-state index is 8.83. The maximum Gasteiger partial charge on any atom is 0.118 e. The van der Waals surface area contributed by atoms with Gasteiger partial charge in [-0.3, -0.25) is 0 Å². The predicted molar refractivity (Wildman–Crippen MR) is 104 cm³/mol. The Morgan fingerprint density at radius 2 is 1.46 bits per heavy atom. The van der Waals surface area contributed by atoms with Gasteiger partial charge in [0.1, 0.15) is 5.75 Å². The van der Waals surface area contributed by atoms with E-state index >= 15 is 0 Å². The lowest BCUT2D eigenvalue weighted by Gasteiger charge is -2.06. The third-order valence-corrected chi connectivity index (χ3v) is 3.69. The molecule has 0 saturated heterocycles. The number of nitrogens with zero attached hydrogens (tertiary/aromatic N) is 1. The Morgan fingerprint density at radius 1 is 0.808 bits per heavy atom. The molecule has 3 heteroatoms. The smallest absolute Gasteiger partial charge is 0.118 e. The fraction of sp³-hybridized carbons (Fsp3) is 0.174. The van der Waals surface area contributed by atoms with E-state index in [9.17, 15) is 0 Å². The van der Waals surface area contributed by atoms with Gasteiger partial charge in [0.2, 0.25) is 0 Å². The van der Waals surface area contributed by atoms with Crippen LogP contribution in [-0.2, 0) is 17.8 Å². The van der Waals surface area contributed by atoms with E-state index < -0.39 is 0 Å². The largest absolute Gasteiger partial charge is 0.497 e. The predicted octanol–water partition coefficient (Wildman–Crippen LogP) is 5.01. The molecule has 0 amide bonds. The zero-order valence-electron chi connectivity index (χ0n) is 15.0. The molecule has 0 aromatic heterocycles. The van der Waals surface area contributed by atoms with Gasteiger partial charge in [0, 0.05) is 0 Å². The van der Waals surface area contributed by atoms with Gasteiger partial charge in [-0.1, -0.05) is 60.7 Å². The molecule has 0 saturated carbocycles. The van der Waals surface area contributed by atoms with Crippen LogP contribution in [0.3, 0.4) is 0 Å². The average Bonchev–Trinajstić information content (AvgIpc) is 2.73. The Kier molecular flexibility index (Phi) is 8.48. The van der Waals surface area contributed by atoms with Gasteiger partial charge in [0.25, 0.3) is 0 Å². The van der Waals surface area contributed by atoms with Crippen LogP contribution in [0.5, 0.6) is 5.75 Å². The highest BCUT2D eigenvalue weighted by atomic mass is 16.5. The minimum atomic E-state index is 0.585. The molecule has 0 fully saturated rings. The lowest BCUT2D eigenvalue weighted by Crippen LogP contribution is -1.99. The van der Waals surface area contributed by atoms with Crippen molar-refractivity contribution in [2.45, 2.75) is 13.0 Å². The highest BCUT2D eigenvalue weighted by molar-refractivity contribution is 5.32.